The fraction of sp³-hybridized carbons (Fsp3) is 0.235. The van der Waals surface area contributed by atoms with Crippen LogP contribution >= 0.6 is 22.7 Å². The van der Waals surface area contributed by atoms with Crippen LogP contribution in [-0.4, -0.2) is 30.3 Å². The lowest BCUT2D eigenvalue weighted by Gasteiger charge is -2.06. The molecule has 1 amide bonds. The summed E-state index contributed by atoms with van der Waals surface area (Å²) in [4.78, 5) is 12.9. The Morgan fingerprint density at radius 1 is 1.15 bits per heavy atom. The lowest BCUT2D eigenvalue weighted by atomic mass is 10.1. The van der Waals surface area contributed by atoms with Gasteiger partial charge in [0.05, 0.1) is 15.5 Å². The van der Waals surface area contributed by atoms with Crippen LogP contribution in [0.2, 0.25) is 0 Å². The fourth-order valence-corrected chi connectivity index (χ4v) is 5.03. The Hall–Kier alpha value is -2.10. The second-order valence-electron chi connectivity index (χ2n) is 5.75. The van der Waals surface area contributed by atoms with E-state index in [4.69, 9.17) is 0 Å². The number of hydrogen-bond acceptors (Lipinski definition) is 7. The van der Waals surface area contributed by atoms with Crippen molar-refractivity contribution < 1.29 is 13.2 Å². The number of nitrogens with zero attached hydrogens (tertiary/aromatic N) is 2. The van der Waals surface area contributed by atoms with E-state index in [1.54, 1.807) is 24.3 Å². The van der Waals surface area contributed by atoms with Crippen molar-refractivity contribution in [3.63, 3.8) is 0 Å². The largest absolute Gasteiger partial charge is 0.296 e. The molecule has 0 saturated carbocycles. The minimum atomic E-state index is -3.39. The van der Waals surface area contributed by atoms with Crippen LogP contribution in [0.3, 0.4) is 0 Å². The van der Waals surface area contributed by atoms with Gasteiger partial charge in [-0.2, -0.15) is 0 Å². The van der Waals surface area contributed by atoms with Gasteiger partial charge in [-0.25, -0.2) is 8.42 Å². The molecule has 0 fully saturated rings. The standard InChI is InChI=1S/C17H17N3O3S3/c1-11-5-6-13(10-12(11)2)26(22,23)9-7-15-19-20-17(25-15)18-16(21)14-4-3-8-24-14/h3-6,8,10H,7,9H2,1-2H3,(H,18,20,21). The highest BCUT2D eigenvalue weighted by molar-refractivity contribution is 7.91. The molecule has 0 saturated heterocycles. The van der Waals surface area contributed by atoms with Crippen molar-refractivity contribution >= 4 is 43.5 Å². The lowest BCUT2D eigenvalue weighted by Crippen LogP contribution is -2.09. The average molecular weight is 408 g/mol. The maximum Gasteiger partial charge on any atom is 0.267 e. The first-order valence-electron chi connectivity index (χ1n) is 7.82. The van der Waals surface area contributed by atoms with E-state index in [0.717, 1.165) is 11.1 Å². The number of rotatable bonds is 6. The van der Waals surface area contributed by atoms with Crippen molar-refractivity contribution in [1.29, 1.82) is 0 Å². The quantitative estimate of drug-likeness (QED) is 0.676. The third-order valence-corrected chi connectivity index (χ3v) is 7.34. The van der Waals surface area contributed by atoms with Crippen molar-refractivity contribution in [1.82, 2.24) is 10.2 Å². The van der Waals surface area contributed by atoms with E-state index in [2.05, 4.69) is 15.5 Å². The molecule has 2 heterocycles. The first-order valence-corrected chi connectivity index (χ1v) is 11.2. The number of nitrogens with one attached hydrogen (secondary N) is 1. The molecule has 1 N–H and O–H groups in total. The van der Waals surface area contributed by atoms with Crippen LogP contribution in [0.1, 0.15) is 25.8 Å². The van der Waals surface area contributed by atoms with Crippen LogP contribution in [0.15, 0.2) is 40.6 Å². The number of hydrogen-bond donors (Lipinski definition) is 1. The molecule has 0 unspecified atom stereocenters. The van der Waals surface area contributed by atoms with Crippen LogP contribution < -0.4 is 5.32 Å². The highest BCUT2D eigenvalue weighted by atomic mass is 32.2. The molecular weight excluding hydrogens is 390 g/mol. The van der Waals surface area contributed by atoms with E-state index >= 15 is 0 Å². The summed E-state index contributed by atoms with van der Waals surface area (Å²) in [7, 11) is -3.39. The third-order valence-electron chi connectivity index (χ3n) is 3.85. The van der Waals surface area contributed by atoms with Crippen molar-refractivity contribution in [2.75, 3.05) is 11.1 Å². The van der Waals surface area contributed by atoms with Gasteiger partial charge in [0.25, 0.3) is 5.91 Å². The molecule has 1 aromatic carbocycles. The molecule has 0 bridgehead atoms. The van der Waals surface area contributed by atoms with Crippen LogP contribution in [-0.2, 0) is 16.3 Å². The maximum absolute atomic E-state index is 12.5. The van der Waals surface area contributed by atoms with Crippen molar-refractivity contribution in [2.45, 2.75) is 25.2 Å². The zero-order valence-electron chi connectivity index (χ0n) is 14.2. The Balaban J connectivity index is 1.64. The topological polar surface area (TPSA) is 89.0 Å². The number of anilines is 1. The Morgan fingerprint density at radius 3 is 2.65 bits per heavy atom. The second-order valence-corrected chi connectivity index (χ2v) is 9.87. The zero-order chi connectivity index (χ0) is 18.7. The van der Waals surface area contributed by atoms with Gasteiger partial charge < -0.3 is 0 Å². The second kappa shape index (κ2) is 7.65. The fourth-order valence-electron chi connectivity index (χ4n) is 2.22. The summed E-state index contributed by atoms with van der Waals surface area (Å²) in [5.41, 5.74) is 2.00. The number of benzene rings is 1. The number of carbonyl (C=O) groups excluding carboxylic acids is 1. The van der Waals surface area contributed by atoms with Crippen LogP contribution in [0.5, 0.6) is 0 Å². The maximum atomic E-state index is 12.5. The predicted molar refractivity (Wildman–Crippen MR) is 104 cm³/mol. The van der Waals surface area contributed by atoms with Gasteiger partial charge in [-0.1, -0.05) is 23.5 Å². The van der Waals surface area contributed by atoms with Gasteiger partial charge in [0.2, 0.25) is 5.13 Å². The van der Waals surface area contributed by atoms with Crippen LogP contribution in [0, 0.1) is 13.8 Å². The van der Waals surface area contributed by atoms with Gasteiger partial charge in [0, 0.05) is 6.42 Å². The number of carbonyl (C=O) groups is 1. The SMILES string of the molecule is Cc1ccc(S(=O)(=O)CCc2nnc(NC(=O)c3cccs3)s2)cc1C. The Morgan fingerprint density at radius 2 is 1.96 bits per heavy atom. The summed E-state index contributed by atoms with van der Waals surface area (Å²) in [6.07, 6.45) is 0.252. The number of amides is 1. The van der Waals surface area contributed by atoms with E-state index in [0.29, 0.717) is 19.9 Å². The Labute approximate surface area is 159 Å². The number of aryl methyl sites for hydroxylation is 3. The summed E-state index contributed by atoms with van der Waals surface area (Å²) < 4.78 is 25.0. The molecule has 136 valence electrons. The summed E-state index contributed by atoms with van der Waals surface area (Å²) in [6.45, 7) is 3.83. The predicted octanol–water partition coefficient (Wildman–Crippen LogP) is 3.49. The van der Waals surface area contributed by atoms with E-state index in [1.165, 1.54) is 22.7 Å². The van der Waals surface area contributed by atoms with Gasteiger partial charge in [-0.15, -0.1) is 21.5 Å². The molecule has 6 nitrogen and oxygen atoms in total. The van der Waals surface area contributed by atoms with Crippen LogP contribution in [0.4, 0.5) is 5.13 Å². The van der Waals surface area contributed by atoms with E-state index in [1.807, 2.05) is 25.3 Å². The monoisotopic (exact) mass is 407 g/mol. The van der Waals surface area contributed by atoms with Gasteiger partial charge >= 0.3 is 0 Å². The molecule has 0 spiro atoms. The number of thiophene rings is 1. The molecule has 3 rings (SSSR count). The van der Waals surface area contributed by atoms with Gasteiger partial charge in [0.1, 0.15) is 5.01 Å². The summed E-state index contributed by atoms with van der Waals surface area (Å²) in [5.74, 6) is -0.298. The van der Waals surface area contributed by atoms with Crippen molar-refractivity contribution in [3.8, 4) is 0 Å². The molecule has 3 aromatic rings. The normalized spacial score (nSPS) is 11.5. The van der Waals surface area contributed by atoms with Gasteiger partial charge in [-0.3, -0.25) is 10.1 Å². The minimum absolute atomic E-state index is 0.0526. The summed E-state index contributed by atoms with van der Waals surface area (Å²) in [6, 6.07) is 8.65. The molecule has 0 aliphatic carbocycles. The number of sulfone groups is 1. The highest BCUT2D eigenvalue weighted by Gasteiger charge is 2.17. The lowest BCUT2D eigenvalue weighted by molar-refractivity contribution is 0.103. The smallest absolute Gasteiger partial charge is 0.267 e. The molecule has 0 radical (unpaired) electrons. The number of aromatic nitrogens is 2. The summed E-state index contributed by atoms with van der Waals surface area (Å²) >= 11 is 2.52. The molecule has 0 atom stereocenters. The first kappa shape index (κ1) is 18.7. The zero-order valence-corrected chi connectivity index (χ0v) is 16.7. The van der Waals surface area contributed by atoms with Gasteiger partial charge in [-0.05, 0) is 48.6 Å². The Bertz CT molecular complexity index is 1020. The van der Waals surface area contributed by atoms with E-state index in [-0.39, 0.29) is 18.1 Å². The van der Waals surface area contributed by atoms with Crippen LogP contribution in [0.25, 0.3) is 0 Å². The highest BCUT2D eigenvalue weighted by Crippen LogP contribution is 2.21. The van der Waals surface area contributed by atoms with E-state index in [9.17, 15) is 13.2 Å². The Kier molecular flexibility index (Phi) is 5.49. The van der Waals surface area contributed by atoms with Crippen molar-refractivity contribution in [2.24, 2.45) is 0 Å². The molecule has 26 heavy (non-hydrogen) atoms. The molecule has 0 aliphatic rings. The molecule has 2 aromatic heterocycles. The average Bonchev–Trinajstić information content (AvgIpc) is 3.27. The van der Waals surface area contributed by atoms with Crippen molar-refractivity contribution in [3.05, 3.63) is 56.7 Å². The molecular formula is C17H17N3O3S3. The third kappa shape index (κ3) is 4.35. The van der Waals surface area contributed by atoms with E-state index < -0.39 is 9.84 Å². The van der Waals surface area contributed by atoms with Gasteiger partial charge in [0.15, 0.2) is 9.84 Å². The first-order chi connectivity index (χ1) is 12.3. The minimum Gasteiger partial charge on any atom is -0.296 e. The molecule has 0 aliphatic heterocycles. The molecule has 9 heteroatoms. The summed E-state index contributed by atoms with van der Waals surface area (Å²) in [5, 5.41) is 13.3.